The van der Waals surface area contributed by atoms with Crippen LogP contribution in [0.15, 0.2) is 48.5 Å². The van der Waals surface area contributed by atoms with Crippen LogP contribution in [0, 0.1) is 0 Å². The third kappa shape index (κ3) is 3.43. The Balaban J connectivity index is 1.78. The second-order valence-electron chi connectivity index (χ2n) is 6.02. The molecule has 1 aromatic heterocycles. The minimum Gasteiger partial charge on any atom is -0.486 e. The summed E-state index contributed by atoms with van der Waals surface area (Å²) in [5, 5.41) is 0.613. The van der Waals surface area contributed by atoms with Crippen molar-refractivity contribution in [3.8, 4) is 39.8 Å². The van der Waals surface area contributed by atoms with Crippen molar-refractivity contribution < 1.29 is 14.2 Å². The number of fused-ring (bicyclic) bond motifs is 1. The van der Waals surface area contributed by atoms with Crippen molar-refractivity contribution in [2.24, 2.45) is 0 Å². The van der Waals surface area contributed by atoms with E-state index in [1.54, 1.807) is 7.11 Å². The van der Waals surface area contributed by atoms with Crippen LogP contribution in [0.4, 0.5) is 0 Å². The summed E-state index contributed by atoms with van der Waals surface area (Å²) in [5.41, 5.74) is 4.24. The molecule has 0 unspecified atom stereocenters. The Morgan fingerprint density at radius 2 is 1.78 bits per heavy atom. The molecule has 6 heteroatoms. The maximum atomic E-state index is 6.75. The summed E-state index contributed by atoms with van der Waals surface area (Å²) < 4.78 is 16.6. The highest BCUT2D eigenvalue weighted by Crippen LogP contribution is 2.40. The van der Waals surface area contributed by atoms with Gasteiger partial charge >= 0.3 is 0 Å². The van der Waals surface area contributed by atoms with Crippen LogP contribution < -0.4 is 14.2 Å². The number of aromatic nitrogens is 1. The summed E-state index contributed by atoms with van der Waals surface area (Å²) >= 11 is 12.7. The van der Waals surface area contributed by atoms with Gasteiger partial charge in [-0.25, -0.2) is 4.98 Å². The smallest absolute Gasteiger partial charge is 0.218 e. The molecular formula is C21H17Cl2NO3. The Morgan fingerprint density at radius 3 is 2.56 bits per heavy atom. The first-order valence-corrected chi connectivity index (χ1v) is 9.41. The number of rotatable bonds is 4. The SMILES string of the molecule is COc1nc(-c2cccc(-c3ccc4c(c3)OCCO4)c2Cl)ccc1CCl. The monoisotopic (exact) mass is 401 g/mol. The van der Waals surface area contributed by atoms with Gasteiger partial charge in [0.05, 0.1) is 23.7 Å². The summed E-state index contributed by atoms with van der Waals surface area (Å²) in [6, 6.07) is 15.5. The third-order valence-electron chi connectivity index (χ3n) is 4.40. The van der Waals surface area contributed by atoms with E-state index < -0.39 is 0 Å². The van der Waals surface area contributed by atoms with Crippen LogP contribution >= 0.6 is 23.2 Å². The van der Waals surface area contributed by atoms with Crippen LogP contribution in [0.25, 0.3) is 22.4 Å². The number of hydrogen-bond acceptors (Lipinski definition) is 4. The largest absolute Gasteiger partial charge is 0.486 e. The topological polar surface area (TPSA) is 40.6 Å². The van der Waals surface area contributed by atoms with Crippen molar-refractivity contribution in [1.82, 2.24) is 4.98 Å². The van der Waals surface area contributed by atoms with Crippen molar-refractivity contribution in [2.75, 3.05) is 20.3 Å². The second kappa shape index (κ2) is 7.67. The number of halogens is 2. The molecule has 0 atom stereocenters. The lowest BCUT2D eigenvalue weighted by molar-refractivity contribution is 0.171. The van der Waals surface area contributed by atoms with Gasteiger partial charge in [-0.1, -0.05) is 41.9 Å². The predicted molar refractivity (Wildman–Crippen MR) is 107 cm³/mol. The maximum absolute atomic E-state index is 6.75. The molecule has 2 aromatic carbocycles. The zero-order valence-corrected chi connectivity index (χ0v) is 16.2. The third-order valence-corrected chi connectivity index (χ3v) is 5.10. The molecule has 1 aliphatic heterocycles. The molecule has 0 spiro atoms. The van der Waals surface area contributed by atoms with Crippen molar-refractivity contribution in [2.45, 2.75) is 5.88 Å². The number of benzene rings is 2. The van der Waals surface area contributed by atoms with Crippen molar-refractivity contribution in [3.05, 3.63) is 59.1 Å². The zero-order valence-electron chi connectivity index (χ0n) is 14.7. The maximum Gasteiger partial charge on any atom is 0.218 e. The number of nitrogens with zero attached hydrogens (tertiary/aromatic N) is 1. The van der Waals surface area contributed by atoms with Crippen LogP contribution in [0.5, 0.6) is 17.4 Å². The fraction of sp³-hybridized carbons (Fsp3) is 0.190. The van der Waals surface area contributed by atoms with E-state index in [1.165, 1.54) is 0 Å². The molecule has 0 N–H and O–H groups in total. The normalized spacial score (nSPS) is 12.7. The highest BCUT2D eigenvalue weighted by molar-refractivity contribution is 6.36. The van der Waals surface area contributed by atoms with Gasteiger partial charge in [-0.05, 0) is 23.8 Å². The molecule has 138 valence electrons. The summed E-state index contributed by atoms with van der Waals surface area (Å²) in [4.78, 5) is 4.56. The second-order valence-corrected chi connectivity index (χ2v) is 6.67. The minimum absolute atomic E-state index is 0.335. The average molecular weight is 402 g/mol. The van der Waals surface area contributed by atoms with Gasteiger partial charge in [0, 0.05) is 16.7 Å². The molecule has 0 radical (unpaired) electrons. The highest BCUT2D eigenvalue weighted by Gasteiger charge is 2.16. The molecule has 0 amide bonds. The standard InChI is InChI=1S/C21H17Cl2NO3/c1-25-21-14(12-22)5-7-17(24-21)16-4-2-3-15(20(16)23)13-6-8-18-19(11-13)27-10-9-26-18/h2-8,11H,9-10,12H2,1H3. The number of ether oxygens (including phenoxy) is 3. The zero-order chi connectivity index (χ0) is 18.8. The Labute approximate surface area is 167 Å². The van der Waals surface area contributed by atoms with Gasteiger partial charge in [-0.15, -0.1) is 11.6 Å². The molecular weight excluding hydrogens is 385 g/mol. The number of alkyl halides is 1. The molecule has 1 aliphatic rings. The van der Waals surface area contributed by atoms with Gasteiger partial charge in [-0.2, -0.15) is 0 Å². The Kier molecular flexibility index (Phi) is 5.10. The Bertz CT molecular complexity index is 933. The molecule has 0 fully saturated rings. The molecule has 27 heavy (non-hydrogen) atoms. The number of hydrogen-bond donors (Lipinski definition) is 0. The number of pyridine rings is 1. The highest BCUT2D eigenvalue weighted by atomic mass is 35.5. The minimum atomic E-state index is 0.335. The summed E-state index contributed by atoms with van der Waals surface area (Å²) in [6.07, 6.45) is 0. The predicted octanol–water partition coefficient (Wildman–Crippen LogP) is 5.59. The summed E-state index contributed by atoms with van der Waals surface area (Å²) in [6.45, 7) is 1.11. The van der Waals surface area contributed by atoms with Gasteiger partial charge in [-0.3, -0.25) is 0 Å². The van der Waals surface area contributed by atoms with E-state index in [2.05, 4.69) is 4.98 Å². The van der Waals surface area contributed by atoms with E-state index in [4.69, 9.17) is 37.4 Å². The van der Waals surface area contributed by atoms with Gasteiger partial charge in [0.25, 0.3) is 0 Å². The lowest BCUT2D eigenvalue weighted by Gasteiger charge is -2.19. The molecule has 4 rings (SSSR count). The van der Waals surface area contributed by atoms with Crippen molar-refractivity contribution >= 4 is 23.2 Å². The molecule has 3 aromatic rings. The Morgan fingerprint density at radius 1 is 1.00 bits per heavy atom. The van der Waals surface area contributed by atoms with E-state index in [0.717, 1.165) is 39.4 Å². The van der Waals surface area contributed by atoms with Crippen LogP contribution in [0.3, 0.4) is 0 Å². The lowest BCUT2D eigenvalue weighted by Crippen LogP contribution is -2.15. The first kappa shape index (κ1) is 18.0. The lowest BCUT2D eigenvalue weighted by atomic mass is 10.0. The molecule has 0 aliphatic carbocycles. The van der Waals surface area contributed by atoms with Gasteiger partial charge in [0.15, 0.2) is 11.5 Å². The summed E-state index contributed by atoms with van der Waals surface area (Å²) in [7, 11) is 1.58. The van der Waals surface area contributed by atoms with E-state index in [9.17, 15) is 0 Å². The van der Waals surface area contributed by atoms with Crippen LogP contribution in [0.1, 0.15) is 5.56 Å². The van der Waals surface area contributed by atoms with Crippen LogP contribution in [0.2, 0.25) is 5.02 Å². The van der Waals surface area contributed by atoms with Crippen molar-refractivity contribution in [1.29, 1.82) is 0 Å². The first-order valence-electron chi connectivity index (χ1n) is 8.50. The van der Waals surface area contributed by atoms with Crippen molar-refractivity contribution in [3.63, 3.8) is 0 Å². The molecule has 4 nitrogen and oxygen atoms in total. The van der Waals surface area contributed by atoms with Gasteiger partial charge in [0.2, 0.25) is 5.88 Å². The molecule has 2 heterocycles. The molecule has 0 saturated carbocycles. The fourth-order valence-corrected chi connectivity index (χ4v) is 3.60. The van der Waals surface area contributed by atoms with E-state index in [1.807, 2.05) is 48.5 Å². The number of methoxy groups -OCH3 is 1. The molecule has 0 saturated heterocycles. The van der Waals surface area contributed by atoms with Gasteiger partial charge in [0.1, 0.15) is 13.2 Å². The van der Waals surface area contributed by atoms with E-state index in [0.29, 0.717) is 30.0 Å². The molecule has 0 bridgehead atoms. The van der Waals surface area contributed by atoms with E-state index >= 15 is 0 Å². The van der Waals surface area contributed by atoms with E-state index in [-0.39, 0.29) is 0 Å². The first-order chi connectivity index (χ1) is 13.2. The average Bonchev–Trinajstić information content (AvgIpc) is 2.73. The van der Waals surface area contributed by atoms with Crippen LogP contribution in [-0.4, -0.2) is 25.3 Å². The Hall–Kier alpha value is -2.43. The summed E-state index contributed by atoms with van der Waals surface area (Å²) in [5.74, 6) is 2.32. The quantitative estimate of drug-likeness (QED) is 0.534. The van der Waals surface area contributed by atoms with Crippen LogP contribution in [-0.2, 0) is 5.88 Å². The van der Waals surface area contributed by atoms with Gasteiger partial charge < -0.3 is 14.2 Å². The fourth-order valence-electron chi connectivity index (χ4n) is 3.06.